The van der Waals surface area contributed by atoms with Crippen LogP contribution >= 0.6 is 34.8 Å². The number of carbonyl (C=O) groups is 1. The van der Waals surface area contributed by atoms with E-state index in [0.29, 0.717) is 32.8 Å². The topological polar surface area (TPSA) is 72.2 Å². The quantitative estimate of drug-likeness (QED) is 0.475. The fraction of sp³-hybridized carbons (Fsp3) is 0. The summed E-state index contributed by atoms with van der Waals surface area (Å²) in [5.74, 6) is 0.128. The highest BCUT2D eigenvalue weighted by Gasteiger charge is 2.16. The number of fused-ring (bicyclic) bond motifs is 1. The predicted molar refractivity (Wildman–Crippen MR) is 106 cm³/mol. The smallest absolute Gasteiger partial charge is 0.258 e. The average molecular weight is 419 g/mol. The Kier molecular flexibility index (Phi) is 4.70. The molecule has 0 aliphatic carbocycles. The van der Waals surface area contributed by atoms with Crippen LogP contribution in [-0.2, 0) is 0 Å². The Bertz CT molecular complexity index is 1170. The van der Waals surface area contributed by atoms with Crippen molar-refractivity contribution in [3.63, 3.8) is 0 Å². The van der Waals surface area contributed by atoms with Gasteiger partial charge in [-0.05, 0) is 42.5 Å². The second-order valence-electron chi connectivity index (χ2n) is 5.56. The average Bonchev–Trinajstić information content (AvgIpc) is 3.09. The summed E-state index contributed by atoms with van der Waals surface area (Å²) in [5, 5.41) is 12.1. The second kappa shape index (κ2) is 7.15. The zero-order chi connectivity index (χ0) is 19.0. The van der Waals surface area contributed by atoms with Gasteiger partial charge in [0.05, 0.1) is 15.6 Å². The molecule has 0 spiro atoms. The van der Waals surface area contributed by atoms with Crippen LogP contribution < -0.4 is 5.32 Å². The van der Waals surface area contributed by atoms with E-state index in [9.17, 15) is 4.79 Å². The Hall–Kier alpha value is -2.67. The van der Waals surface area contributed by atoms with Crippen molar-refractivity contribution in [2.75, 3.05) is 5.32 Å². The minimum absolute atomic E-state index is 0.127. The minimum Gasteiger partial charge on any atom is -0.322 e. The molecule has 0 bridgehead atoms. The number of amides is 1. The molecule has 3 heterocycles. The van der Waals surface area contributed by atoms with Crippen LogP contribution in [0.3, 0.4) is 0 Å². The van der Waals surface area contributed by atoms with Gasteiger partial charge in [0, 0.05) is 23.6 Å². The third-order valence-electron chi connectivity index (χ3n) is 3.86. The van der Waals surface area contributed by atoms with Gasteiger partial charge in [-0.2, -0.15) is 0 Å². The van der Waals surface area contributed by atoms with E-state index in [4.69, 9.17) is 34.8 Å². The monoisotopic (exact) mass is 417 g/mol. The molecule has 4 aromatic rings. The van der Waals surface area contributed by atoms with Crippen molar-refractivity contribution in [2.45, 2.75) is 0 Å². The summed E-state index contributed by atoms with van der Waals surface area (Å²) in [6, 6.07) is 11.8. The zero-order valence-electron chi connectivity index (χ0n) is 13.5. The number of nitrogens with zero attached hydrogens (tertiary/aromatic N) is 4. The van der Waals surface area contributed by atoms with E-state index in [1.54, 1.807) is 53.1 Å². The van der Waals surface area contributed by atoms with Crippen molar-refractivity contribution in [3.05, 3.63) is 75.6 Å². The summed E-state index contributed by atoms with van der Waals surface area (Å²) in [5.41, 5.74) is 1.91. The molecule has 4 rings (SSSR count). The molecule has 0 unspecified atom stereocenters. The number of halogens is 3. The van der Waals surface area contributed by atoms with Crippen LogP contribution in [0.2, 0.25) is 15.2 Å². The second-order valence-corrected chi connectivity index (χ2v) is 6.74. The molecule has 3 aromatic heterocycles. The molecule has 0 atom stereocenters. The number of carbonyl (C=O) groups excluding carboxylic acids is 1. The maximum absolute atomic E-state index is 12.5. The van der Waals surface area contributed by atoms with Gasteiger partial charge >= 0.3 is 0 Å². The molecule has 1 aromatic carbocycles. The van der Waals surface area contributed by atoms with Crippen molar-refractivity contribution in [1.29, 1.82) is 0 Å². The summed E-state index contributed by atoms with van der Waals surface area (Å²) in [4.78, 5) is 16.4. The Morgan fingerprint density at radius 1 is 1.00 bits per heavy atom. The first-order chi connectivity index (χ1) is 13.0. The van der Waals surface area contributed by atoms with Crippen molar-refractivity contribution in [1.82, 2.24) is 19.6 Å². The number of hydrogen-bond acceptors (Lipinski definition) is 4. The van der Waals surface area contributed by atoms with Crippen LogP contribution in [0.5, 0.6) is 0 Å². The van der Waals surface area contributed by atoms with Crippen LogP contribution in [0, 0.1) is 0 Å². The fourth-order valence-corrected chi connectivity index (χ4v) is 3.20. The van der Waals surface area contributed by atoms with Crippen LogP contribution in [0.25, 0.3) is 17.0 Å². The summed E-state index contributed by atoms with van der Waals surface area (Å²) >= 11 is 18.5. The molecular weight excluding hydrogens is 409 g/mol. The number of anilines is 1. The molecular formula is C18H10Cl3N5O. The Morgan fingerprint density at radius 2 is 1.85 bits per heavy atom. The normalized spacial score (nSPS) is 10.9. The molecule has 0 saturated heterocycles. The van der Waals surface area contributed by atoms with E-state index in [1.807, 2.05) is 0 Å². The highest BCUT2D eigenvalue weighted by molar-refractivity contribution is 6.34. The lowest BCUT2D eigenvalue weighted by Gasteiger charge is -2.09. The van der Waals surface area contributed by atoms with E-state index in [0.717, 1.165) is 0 Å². The third-order valence-corrected chi connectivity index (χ3v) is 4.78. The van der Waals surface area contributed by atoms with Crippen LogP contribution in [0.15, 0.2) is 54.9 Å². The van der Waals surface area contributed by atoms with Gasteiger partial charge in [-0.1, -0.05) is 34.8 Å². The SMILES string of the molecule is O=C(Nc1ccc(Cl)c(-c2nnc3c(Cl)cccn23)c1)c1cccnc1Cl. The van der Waals surface area contributed by atoms with Crippen molar-refractivity contribution >= 4 is 52.0 Å². The minimum atomic E-state index is -0.379. The van der Waals surface area contributed by atoms with E-state index >= 15 is 0 Å². The molecule has 0 aliphatic rings. The van der Waals surface area contributed by atoms with E-state index in [1.165, 1.54) is 6.20 Å². The largest absolute Gasteiger partial charge is 0.322 e. The number of hydrogen-bond donors (Lipinski definition) is 1. The molecule has 9 heteroatoms. The number of benzene rings is 1. The lowest BCUT2D eigenvalue weighted by molar-refractivity contribution is 0.102. The predicted octanol–water partition coefficient (Wildman–Crippen LogP) is 5.00. The van der Waals surface area contributed by atoms with Gasteiger partial charge in [-0.3, -0.25) is 9.20 Å². The Balaban J connectivity index is 1.73. The zero-order valence-corrected chi connectivity index (χ0v) is 15.8. The molecule has 1 amide bonds. The first-order valence-electron chi connectivity index (χ1n) is 7.75. The van der Waals surface area contributed by atoms with Gasteiger partial charge in [0.15, 0.2) is 11.5 Å². The van der Waals surface area contributed by atoms with Gasteiger partial charge in [-0.15, -0.1) is 10.2 Å². The van der Waals surface area contributed by atoms with Crippen molar-refractivity contribution < 1.29 is 4.79 Å². The number of pyridine rings is 2. The van der Waals surface area contributed by atoms with Crippen LogP contribution in [0.4, 0.5) is 5.69 Å². The Morgan fingerprint density at radius 3 is 2.67 bits per heavy atom. The highest BCUT2D eigenvalue weighted by atomic mass is 35.5. The summed E-state index contributed by atoms with van der Waals surface area (Å²) < 4.78 is 1.73. The molecule has 0 aliphatic heterocycles. The van der Waals surface area contributed by atoms with Crippen LogP contribution in [-0.4, -0.2) is 25.5 Å². The van der Waals surface area contributed by atoms with E-state index in [-0.39, 0.29) is 16.6 Å². The van der Waals surface area contributed by atoms with Crippen molar-refractivity contribution in [2.24, 2.45) is 0 Å². The molecule has 6 nitrogen and oxygen atoms in total. The van der Waals surface area contributed by atoms with E-state index < -0.39 is 0 Å². The van der Waals surface area contributed by atoms with Gasteiger partial charge in [0.25, 0.3) is 5.91 Å². The standard InChI is InChI=1S/C18H10Cl3N5O/c19-13-6-5-10(23-18(27)11-3-1-7-22-15(11)21)9-12(13)16-24-25-17-14(20)4-2-8-26(16)17/h1-9H,(H,23,27). The molecule has 0 saturated carbocycles. The van der Waals surface area contributed by atoms with Crippen molar-refractivity contribution in [3.8, 4) is 11.4 Å². The number of nitrogens with one attached hydrogen (secondary N) is 1. The van der Waals surface area contributed by atoms with Gasteiger partial charge < -0.3 is 5.32 Å². The molecule has 1 N–H and O–H groups in total. The highest BCUT2D eigenvalue weighted by Crippen LogP contribution is 2.31. The van der Waals surface area contributed by atoms with E-state index in [2.05, 4.69) is 20.5 Å². The first-order valence-corrected chi connectivity index (χ1v) is 8.89. The molecule has 0 fully saturated rings. The number of rotatable bonds is 3. The summed E-state index contributed by atoms with van der Waals surface area (Å²) in [6.45, 7) is 0. The molecule has 0 radical (unpaired) electrons. The van der Waals surface area contributed by atoms with Gasteiger partial charge in [0.1, 0.15) is 5.15 Å². The maximum atomic E-state index is 12.5. The molecule has 134 valence electrons. The van der Waals surface area contributed by atoms with Gasteiger partial charge in [0.2, 0.25) is 0 Å². The number of aromatic nitrogens is 4. The summed E-state index contributed by atoms with van der Waals surface area (Å²) in [6.07, 6.45) is 3.30. The van der Waals surface area contributed by atoms with Gasteiger partial charge in [-0.25, -0.2) is 4.98 Å². The van der Waals surface area contributed by atoms with Crippen LogP contribution in [0.1, 0.15) is 10.4 Å². The fourth-order valence-electron chi connectivity index (χ4n) is 2.60. The first kappa shape index (κ1) is 17.7. The maximum Gasteiger partial charge on any atom is 0.258 e. The third kappa shape index (κ3) is 3.35. The lowest BCUT2D eigenvalue weighted by Crippen LogP contribution is -2.13. The molecule has 27 heavy (non-hydrogen) atoms. The Labute approximate surface area is 168 Å². The lowest BCUT2D eigenvalue weighted by atomic mass is 10.1. The summed E-state index contributed by atoms with van der Waals surface area (Å²) in [7, 11) is 0.